The second kappa shape index (κ2) is 8.11. The van der Waals surface area contributed by atoms with Gasteiger partial charge in [-0.25, -0.2) is 12.7 Å². The van der Waals surface area contributed by atoms with E-state index in [1.54, 1.807) is 24.3 Å². The Hall–Kier alpha value is -1.44. The summed E-state index contributed by atoms with van der Waals surface area (Å²) in [7, 11) is 1.31. The van der Waals surface area contributed by atoms with E-state index in [0.29, 0.717) is 12.0 Å². The molecule has 0 heterocycles. The average Bonchev–Trinajstić information content (AvgIpc) is 2.45. The minimum absolute atomic E-state index is 0.0812. The fourth-order valence-electron chi connectivity index (χ4n) is 1.81. The van der Waals surface area contributed by atoms with Gasteiger partial charge in [-0.05, 0) is 31.6 Å². The molecule has 0 radical (unpaired) electrons. The molecule has 1 amide bonds. The summed E-state index contributed by atoms with van der Waals surface area (Å²) in [6, 6.07) is 6.70. The fraction of sp³-hybridized carbons (Fsp3) is 0.500. The van der Waals surface area contributed by atoms with Crippen molar-refractivity contribution < 1.29 is 13.2 Å². The second-order valence-electron chi connectivity index (χ2n) is 4.88. The molecule has 1 aromatic rings. The quantitative estimate of drug-likeness (QED) is 0.687. The van der Waals surface area contributed by atoms with Gasteiger partial charge in [0, 0.05) is 27.1 Å². The van der Waals surface area contributed by atoms with Gasteiger partial charge in [0.15, 0.2) is 0 Å². The summed E-state index contributed by atoms with van der Waals surface area (Å²) >= 11 is 0. The Morgan fingerprint density at radius 3 is 2.52 bits per heavy atom. The molecule has 0 fully saturated rings. The number of nitrogens with one attached hydrogen (secondary N) is 2. The summed E-state index contributed by atoms with van der Waals surface area (Å²) < 4.78 is 25.6. The summed E-state index contributed by atoms with van der Waals surface area (Å²) in [6.07, 6.45) is 1.17. The van der Waals surface area contributed by atoms with E-state index in [1.807, 2.05) is 7.05 Å². The Morgan fingerprint density at radius 1 is 1.24 bits per heavy atom. The van der Waals surface area contributed by atoms with Crippen LogP contribution in [0.25, 0.3) is 0 Å². The third-order valence-corrected chi connectivity index (χ3v) is 4.95. The van der Waals surface area contributed by atoms with Crippen LogP contribution < -0.4 is 10.6 Å². The molecule has 0 spiro atoms. The third-order valence-electron chi connectivity index (χ3n) is 3.04. The van der Waals surface area contributed by atoms with Gasteiger partial charge < -0.3 is 10.6 Å². The molecule has 0 aromatic heterocycles. The summed E-state index contributed by atoms with van der Waals surface area (Å²) in [5.74, 6) is -0.0812. The topological polar surface area (TPSA) is 78.5 Å². The van der Waals surface area contributed by atoms with Crippen LogP contribution in [0, 0.1) is 0 Å². The number of sulfonamides is 1. The molecule has 6 nitrogen and oxygen atoms in total. The standard InChI is InChI=1S/C14H23N3O3S/c1-15-10-6-9-14(18)16-11-12-7-4-5-8-13(12)21(19,20)17(2)3/h4-5,7-8,15H,6,9-11H2,1-3H3,(H,16,18). The lowest BCUT2D eigenvalue weighted by Gasteiger charge is -2.15. The molecule has 118 valence electrons. The maximum absolute atomic E-state index is 12.2. The largest absolute Gasteiger partial charge is 0.352 e. The zero-order valence-electron chi connectivity index (χ0n) is 12.7. The van der Waals surface area contributed by atoms with Crippen molar-refractivity contribution in [2.75, 3.05) is 27.7 Å². The first-order chi connectivity index (χ1) is 9.89. The Kier molecular flexibility index (Phi) is 6.80. The van der Waals surface area contributed by atoms with E-state index >= 15 is 0 Å². The van der Waals surface area contributed by atoms with Crippen LogP contribution in [-0.2, 0) is 21.4 Å². The van der Waals surface area contributed by atoms with E-state index < -0.39 is 10.0 Å². The van der Waals surface area contributed by atoms with Crippen molar-refractivity contribution in [2.24, 2.45) is 0 Å². The molecule has 1 rings (SSSR count). The highest BCUT2D eigenvalue weighted by molar-refractivity contribution is 7.89. The molecule has 0 bridgehead atoms. The molecule has 1 aromatic carbocycles. The number of benzene rings is 1. The summed E-state index contributed by atoms with van der Waals surface area (Å²) in [5, 5.41) is 5.73. The zero-order valence-corrected chi connectivity index (χ0v) is 13.5. The monoisotopic (exact) mass is 313 g/mol. The summed E-state index contributed by atoms with van der Waals surface area (Å²) in [5.41, 5.74) is 0.591. The van der Waals surface area contributed by atoms with Gasteiger partial charge in [-0.1, -0.05) is 18.2 Å². The first kappa shape index (κ1) is 17.6. The smallest absolute Gasteiger partial charge is 0.242 e. The lowest BCUT2D eigenvalue weighted by Crippen LogP contribution is -2.27. The third kappa shape index (κ3) is 5.11. The Morgan fingerprint density at radius 2 is 1.90 bits per heavy atom. The number of nitrogens with zero attached hydrogens (tertiary/aromatic N) is 1. The predicted octanol–water partition coefficient (Wildman–Crippen LogP) is 0.553. The average molecular weight is 313 g/mol. The predicted molar refractivity (Wildman–Crippen MR) is 82.3 cm³/mol. The molecular weight excluding hydrogens is 290 g/mol. The van der Waals surface area contributed by atoms with Crippen LogP contribution in [0.2, 0.25) is 0 Å². The van der Waals surface area contributed by atoms with Crippen molar-refractivity contribution in [3.05, 3.63) is 29.8 Å². The molecule has 0 unspecified atom stereocenters. The number of hydrogen-bond donors (Lipinski definition) is 2. The molecule has 0 atom stereocenters. The molecule has 2 N–H and O–H groups in total. The Labute approximate surface area is 126 Å². The fourth-order valence-corrected chi connectivity index (χ4v) is 2.92. The van der Waals surface area contributed by atoms with Gasteiger partial charge in [0.2, 0.25) is 15.9 Å². The highest BCUT2D eigenvalue weighted by Gasteiger charge is 2.20. The zero-order chi connectivity index (χ0) is 15.9. The van der Waals surface area contributed by atoms with Crippen molar-refractivity contribution >= 4 is 15.9 Å². The molecule has 0 aliphatic rings. The lowest BCUT2D eigenvalue weighted by atomic mass is 10.2. The molecule has 7 heteroatoms. The van der Waals surface area contributed by atoms with Gasteiger partial charge in [0.25, 0.3) is 0 Å². The number of hydrogen-bond acceptors (Lipinski definition) is 4. The Balaban J connectivity index is 2.75. The summed E-state index contributed by atoms with van der Waals surface area (Å²) in [4.78, 5) is 11.9. The van der Waals surface area contributed by atoms with E-state index in [1.165, 1.54) is 18.4 Å². The minimum Gasteiger partial charge on any atom is -0.352 e. The van der Waals surface area contributed by atoms with Crippen LogP contribution >= 0.6 is 0 Å². The molecule has 0 saturated heterocycles. The second-order valence-corrected chi connectivity index (χ2v) is 7.00. The minimum atomic E-state index is -3.50. The number of carbonyl (C=O) groups is 1. The van der Waals surface area contributed by atoms with E-state index in [0.717, 1.165) is 13.0 Å². The van der Waals surface area contributed by atoms with Crippen molar-refractivity contribution in [3.8, 4) is 0 Å². The Bertz CT molecular complexity index is 571. The highest BCUT2D eigenvalue weighted by atomic mass is 32.2. The molecule has 0 aliphatic carbocycles. The van der Waals surface area contributed by atoms with E-state index in [-0.39, 0.29) is 17.3 Å². The van der Waals surface area contributed by atoms with Gasteiger partial charge in [0.05, 0.1) is 4.90 Å². The first-order valence-electron chi connectivity index (χ1n) is 6.81. The van der Waals surface area contributed by atoms with Gasteiger partial charge in [-0.15, -0.1) is 0 Å². The van der Waals surface area contributed by atoms with Gasteiger partial charge in [-0.2, -0.15) is 0 Å². The van der Waals surface area contributed by atoms with Crippen LogP contribution in [0.15, 0.2) is 29.2 Å². The SMILES string of the molecule is CNCCCC(=O)NCc1ccccc1S(=O)(=O)N(C)C. The lowest BCUT2D eigenvalue weighted by molar-refractivity contribution is -0.121. The van der Waals surface area contributed by atoms with Gasteiger partial charge in [-0.3, -0.25) is 4.79 Å². The molecule has 0 aliphatic heterocycles. The van der Waals surface area contributed by atoms with Crippen molar-refractivity contribution in [2.45, 2.75) is 24.3 Å². The van der Waals surface area contributed by atoms with Gasteiger partial charge >= 0.3 is 0 Å². The maximum Gasteiger partial charge on any atom is 0.242 e. The molecular formula is C14H23N3O3S. The van der Waals surface area contributed by atoms with E-state index in [4.69, 9.17) is 0 Å². The first-order valence-corrected chi connectivity index (χ1v) is 8.25. The van der Waals surface area contributed by atoms with Crippen LogP contribution in [0.3, 0.4) is 0 Å². The van der Waals surface area contributed by atoms with Crippen LogP contribution in [0.1, 0.15) is 18.4 Å². The number of rotatable bonds is 8. The van der Waals surface area contributed by atoms with Crippen molar-refractivity contribution in [1.29, 1.82) is 0 Å². The van der Waals surface area contributed by atoms with Crippen LogP contribution in [0.5, 0.6) is 0 Å². The molecule has 0 saturated carbocycles. The maximum atomic E-state index is 12.2. The van der Waals surface area contributed by atoms with E-state index in [2.05, 4.69) is 10.6 Å². The van der Waals surface area contributed by atoms with Crippen molar-refractivity contribution in [1.82, 2.24) is 14.9 Å². The van der Waals surface area contributed by atoms with Crippen LogP contribution in [-0.4, -0.2) is 46.3 Å². The van der Waals surface area contributed by atoms with Crippen molar-refractivity contribution in [3.63, 3.8) is 0 Å². The number of carbonyl (C=O) groups excluding carboxylic acids is 1. The number of amides is 1. The van der Waals surface area contributed by atoms with Gasteiger partial charge in [0.1, 0.15) is 0 Å². The summed E-state index contributed by atoms with van der Waals surface area (Å²) in [6.45, 7) is 0.987. The van der Waals surface area contributed by atoms with Crippen LogP contribution in [0.4, 0.5) is 0 Å². The normalized spacial score (nSPS) is 11.6. The molecule has 21 heavy (non-hydrogen) atoms. The van der Waals surface area contributed by atoms with E-state index in [9.17, 15) is 13.2 Å². The highest BCUT2D eigenvalue weighted by Crippen LogP contribution is 2.18.